The summed E-state index contributed by atoms with van der Waals surface area (Å²) >= 11 is 0. The average molecular weight is 164 g/mol. The average Bonchev–Trinajstić information content (AvgIpc) is 2.32. The SMILES string of the molecule is Cn1c(N)nc2c(N)ncnc21. The van der Waals surface area contributed by atoms with Crippen molar-refractivity contribution in [2.24, 2.45) is 7.05 Å². The number of rotatable bonds is 0. The molecular formula is C6H8N6. The number of hydrogen-bond donors (Lipinski definition) is 2. The number of nitrogen functional groups attached to an aromatic ring is 2. The Morgan fingerprint density at radius 2 is 2.08 bits per heavy atom. The van der Waals surface area contributed by atoms with Gasteiger partial charge in [0.2, 0.25) is 5.95 Å². The van der Waals surface area contributed by atoms with E-state index in [-0.39, 0.29) is 0 Å². The van der Waals surface area contributed by atoms with Gasteiger partial charge < -0.3 is 11.5 Å². The summed E-state index contributed by atoms with van der Waals surface area (Å²) in [6, 6.07) is 0. The second kappa shape index (κ2) is 2.07. The van der Waals surface area contributed by atoms with E-state index >= 15 is 0 Å². The van der Waals surface area contributed by atoms with Gasteiger partial charge in [-0.2, -0.15) is 0 Å². The third kappa shape index (κ3) is 0.714. The lowest BCUT2D eigenvalue weighted by Gasteiger charge is -1.94. The second-order valence-electron chi connectivity index (χ2n) is 2.46. The Bertz CT molecular complexity index is 431. The van der Waals surface area contributed by atoms with Crippen LogP contribution < -0.4 is 11.5 Å². The molecule has 0 amide bonds. The molecule has 0 aliphatic heterocycles. The summed E-state index contributed by atoms with van der Waals surface area (Å²) in [5, 5.41) is 0. The van der Waals surface area contributed by atoms with Gasteiger partial charge in [0.25, 0.3) is 0 Å². The molecule has 2 rings (SSSR count). The molecule has 0 aliphatic rings. The number of fused-ring (bicyclic) bond motifs is 1. The van der Waals surface area contributed by atoms with E-state index in [1.807, 2.05) is 0 Å². The number of imidazole rings is 1. The van der Waals surface area contributed by atoms with E-state index in [0.717, 1.165) is 0 Å². The lowest BCUT2D eigenvalue weighted by Crippen LogP contribution is -1.97. The van der Waals surface area contributed by atoms with Crippen molar-refractivity contribution in [2.75, 3.05) is 11.5 Å². The third-order valence-corrected chi connectivity index (χ3v) is 1.72. The normalized spacial score (nSPS) is 10.8. The predicted octanol–water partition coefficient (Wildman–Crippen LogP) is -0.472. The quantitative estimate of drug-likeness (QED) is 0.548. The number of nitrogens with zero attached hydrogens (tertiary/aromatic N) is 4. The van der Waals surface area contributed by atoms with Crippen molar-refractivity contribution in [3.05, 3.63) is 6.33 Å². The van der Waals surface area contributed by atoms with Crippen molar-refractivity contribution in [2.45, 2.75) is 0 Å². The second-order valence-corrected chi connectivity index (χ2v) is 2.46. The van der Waals surface area contributed by atoms with Crippen LogP contribution in [0.1, 0.15) is 0 Å². The first-order valence-corrected chi connectivity index (χ1v) is 3.38. The smallest absolute Gasteiger partial charge is 0.202 e. The van der Waals surface area contributed by atoms with Crippen molar-refractivity contribution in [1.29, 1.82) is 0 Å². The van der Waals surface area contributed by atoms with Crippen molar-refractivity contribution in [3.63, 3.8) is 0 Å². The third-order valence-electron chi connectivity index (χ3n) is 1.72. The molecule has 2 aromatic heterocycles. The van der Waals surface area contributed by atoms with Crippen LogP contribution in [-0.2, 0) is 7.05 Å². The highest BCUT2D eigenvalue weighted by molar-refractivity contribution is 5.83. The minimum atomic E-state index is 0.354. The van der Waals surface area contributed by atoms with E-state index < -0.39 is 0 Å². The molecule has 0 atom stereocenters. The van der Waals surface area contributed by atoms with Gasteiger partial charge in [-0.3, -0.25) is 4.57 Å². The van der Waals surface area contributed by atoms with Gasteiger partial charge in [0.1, 0.15) is 6.33 Å². The zero-order chi connectivity index (χ0) is 8.72. The van der Waals surface area contributed by atoms with Gasteiger partial charge >= 0.3 is 0 Å². The maximum atomic E-state index is 5.56. The van der Waals surface area contributed by atoms with Gasteiger partial charge in [0, 0.05) is 7.05 Å². The largest absolute Gasteiger partial charge is 0.382 e. The van der Waals surface area contributed by atoms with Gasteiger partial charge in [-0.05, 0) is 0 Å². The van der Waals surface area contributed by atoms with Crippen molar-refractivity contribution >= 4 is 22.9 Å². The van der Waals surface area contributed by atoms with E-state index in [0.29, 0.717) is 22.9 Å². The number of hydrogen-bond acceptors (Lipinski definition) is 5. The first-order valence-electron chi connectivity index (χ1n) is 3.38. The van der Waals surface area contributed by atoms with Crippen LogP contribution in [0.3, 0.4) is 0 Å². The van der Waals surface area contributed by atoms with Crippen LogP contribution in [0.25, 0.3) is 11.2 Å². The molecule has 0 saturated carbocycles. The topological polar surface area (TPSA) is 95.6 Å². The zero-order valence-electron chi connectivity index (χ0n) is 6.52. The minimum Gasteiger partial charge on any atom is -0.382 e. The molecule has 0 aromatic carbocycles. The lowest BCUT2D eigenvalue weighted by molar-refractivity contribution is 0.944. The summed E-state index contributed by atoms with van der Waals surface area (Å²) in [4.78, 5) is 11.8. The zero-order valence-corrected chi connectivity index (χ0v) is 6.52. The summed E-state index contributed by atoms with van der Waals surface area (Å²) < 4.78 is 1.66. The van der Waals surface area contributed by atoms with E-state index in [1.54, 1.807) is 11.6 Å². The Kier molecular flexibility index (Phi) is 1.18. The molecule has 0 saturated heterocycles. The molecule has 0 bridgehead atoms. The molecule has 12 heavy (non-hydrogen) atoms. The summed E-state index contributed by atoms with van der Waals surface area (Å²) in [7, 11) is 1.77. The number of nitrogens with two attached hydrogens (primary N) is 2. The molecule has 0 spiro atoms. The van der Waals surface area contributed by atoms with Crippen LogP contribution in [-0.4, -0.2) is 19.5 Å². The van der Waals surface area contributed by atoms with Crippen molar-refractivity contribution in [3.8, 4) is 0 Å². The maximum absolute atomic E-state index is 5.56. The summed E-state index contributed by atoms with van der Waals surface area (Å²) in [5.74, 6) is 0.740. The van der Waals surface area contributed by atoms with Gasteiger partial charge in [0.15, 0.2) is 17.0 Å². The highest BCUT2D eigenvalue weighted by Crippen LogP contribution is 2.16. The fourth-order valence-electron chi connectivity index (χ4n) is 1.03. The Labute approximate surface area is 68.2 Å². The Hall–Kier alpha value is -1.85. The first kappa shape index (κ1) is 6.84. The summed E-state index contributed by atoms with van der Waals surface area (Å²) in [6.07, 6.45) is 1.39. The Morgan fingerprint density at radius 1 is 1.33 bits per heavy atom. The Morgan fingerprint density at radius 3 is 2.75 bits per heavy atom. The maximum Gasteiger partial charge on any atom is 0.202 e. The highest BCUT2D eigenvalue weighted by Gasteiger charge is 2.08. The van der Waals surface area contributed by atoms with Gasteiger partial charge in [-0.1, -0.05) is 0 Å². The Balaban J connectivity index is 2.95. The highest BCUT2D eigenvalue weighted by atomic mass is 15.2. The molecule has 2 heterocycles. The van der Waals surface area contributed by atoms with E-state index in [9.17, 15) is 0 Å². The van der Waals surface area contributed by atoms with Crippen LogP contribution in [0, 0.1) is 0 Å². The molecule has 0 aliphatic carbocycles. The number of aryl methyl sites for hydroxylation is 1. The van der Waals surface area contributed by atoms with Gasteiger partial charge in [0.05, 0.1) is 0 Å². The van der Waals surface area contributed by atoms with E-state index in [4.69, 9.17) is 11.5 Å². The minimum absolute atomic E-state index is 0.354. The van der Waals surface area contributed by atoms with Crippen LogP contribution in [0.2, 0.25) is 0 Å². The molecule has 62 valence electrons. The van der Waals surface area contributed by atoms with Crippen LogP contribution in [0.5, 0.6) is 0 Å². The molecule has 0 unspecified atom stereocenters. The van der Waals surface area contributed by atoms with Gasteiger partial charge in [-0.15, -0.1) is 0 Å². The fraction of sp³-hybridized carbons (Fsp3) is 0.167. The lowest BCUT2D eigenvalue weighted by atomic mass is 10.5. The molecule has 6 nitrogen and oxygen atoms in total. The molecule has 4 N–H and O–H groups in total. The molecule has 2 aromatic rings. The van der Waals surface area contributed by atoms with Gasteiger partial charge in [-0.25, -0.2) is 15.0 Å². The standard InChI is InChI=1S/C6H8N6/c1-12-5-3(11-6(12)8)4(7)9-2-10-5/h2H,1H3,(H2,8,11)(H2,7,9,10). The molecule has 6 heteroatoms. The number of anilines is 2. The van der Waals surface area contributed by atoms with Crippen LogP contribution in [0.15, 0.2) is 6.33 Å². The first-order chi connectivity index (χ1) is 5.70. The van der Waals surface area contributed by atoms with E-state index in [1.165, 1.54) is 6.33 Å². The molecular weight excluding hydrogens is 156 g/mol. The molecule has 0 radical (unpaired) electrons. The van der Waals surface area contributed by atoms with Crippen LogP contribution in [0.4, 0.5) is 11.8 Å². The van der Waals surface area contributed by atoms with E-state index in [2.05, 4.69) is 15.0 Å². The van der Waals surface area contributed by atoms with Crippen molar-refractivity contribution in [1.82, 2.24) is 19.5 Å². The number of aromatic nitrogens is 4. The predicted molar refractivity (Wildman–Crippen MR) is 45.1 cm³/mol. The molecule has 0 fully saturated rings. The fourth-order valence-corrected chi connectivity index (χ4v) is 1.03. The summed E-state index contributed by atoms with van der Waals surface area (Å²) in [5.41, 5.74) is 12.3. The summed E-state index contributed by atoms with van der Waals surface area (Å²) in [6.45, 7) is 0. The van der Waals surface area contributed by atoms with Crippen LogP contribution >= 0.6 is 0 Å². The van der Waals surface area contributed by atoms with Crippen molar-refractivity contribution < 1.29 is 0 Å². The monoisotopic (exact) mass is 164 g/mol.